The molecule has 0 radical (unpaired) electrons. The summed E-state index contributed by atoms with van der Waals surface area (Å²) in [6, 6.07) is -2.31. The molecule has 0 unspecified atom stereocenters. The number of aliphatic carboxylic acids is 2. The first kappa shape index (κ1) is 18.7. The lowest BCUT2D eigenvalue weighted by Gasteiger charge is -2.35. The van der Waals surface area contributed by atoms with Gasteiger partial charge in [-0.05, 0) is 38.5 Å². The average Bonchev–Trinajstić information content (AvgIpc) is 2.93. The van der Waals surface area contributed by atoms with E-state index in [0.29, 0.717) is 19.3 Å². The van der Waals surface area contributed by atoms with Gasteiger partial charge in [0.2, 0.25) is 5.91 Å². The highest BCUT2D eigenvalue weighted by atomic mass is 16.4. The molecular formula is C17H28N2O5. The Bertz CT molecular complexity index is 495. The molecule has 1 saturated carbocycles. The second-order valence-corrected chi connectivity index (χ2v) is 7.01. The molecule has 1 aliphatic heterocycles. The van der Waals surface area contributed by atoms with E-state index >= 15 is 0 Å². The zero-order chi connectivity index (χ0) is 17.9. The summed E-state index contributed by atoms with van der Waals surface area (Å²) in [7, 11) is 0. The summed E-state index contributed by atoms with van der Waals surface area (Å²) in [4.78, 5) is 37.3. The number of carboxylic acids is 2. The number of hydrogen-bond acceptors (Lipinski definition) is 4. The lowest BCUT2D eigenvalue weighted by Crippen LogP contribution is -2.55. The van der Waals surface area contributed by atoms with Crippen LogP contribution in [0.15, 0.2) is 0 Å². The Morgan fingerprint density at radius 3 is 2.46 bits per heavy atom. The number of nitrogens with zero attached hydrogens (tertiary/aromatic N) is 1. The quantitative estimate of drug-likeness (QED) is 0.648. The van der Waals surface area contributed by atoms with Crippen LogP contribution in [0.2, 0.25) is 0 Å². The van der Waals surface area contributed by atoms with Crippen molar-refractivity contribution in [2.75, 3.05) is 0 Å². The normalized spacial score (nSPS) is 28.9. The predicted molar refractivity (Wildman–Crippen MR) is 87.6 cm³/mol. The minimum Gasteiger partial charge on any atom is -0.480 e. The Morgan fingerprint density at radius 2 is 1.88 bits per heavy atom. The van der Waals surface area contributed by atoms with Crippen LogP contribution < -0.4 is 5.32 Å². The molecule has 0 bridgehead atoms. The van der Waals surface area contributed by atoms with E-state index in [1.54, 1.807) is 6.92 Å². The van der Waals surface area contributed by atoms with Crippen LogP contribution in [0.1, 0.15) is 58.8 Å². The number of nitrogens with one attached hydrogen (secondary N) is 1. The van der Waals surface area contributed by atoms with Gasteiger partial charge in [0.05, 0.1) is 6.04 Å². The van der Waals surface area contributed by atoms with Crippen molar-refractivity contribution in [1.82, 2.24) is 10.2 Å². The summed E-state index contributed by atoms with van der Waals surface area (Å²) in [5.74, 6) is -1.99. The van der Waals surface area contributed by atoms with Crippen LogP contribution in [0, 0.1) is 5.92 Å². The van der Waals surface area contributed by atoms with Crippen molar-refractivity contribution in [2.45, 2.75) is 83.0 Å². The van der Waals surface area contributed by atoms with Crippen molar-refractivity contribution in [2.24, 2.45) is 5.92 Å². The molecule has 1 amide bonds. The van der Waals surface area contributed by atoms with Crippen LogP contribution in [0.3, 0.4) is 0 Å². The summed E-state index contributed by atoms with van der Waals surface area (Å²) >= 11 is 0. The van der Waals surface area contributed by atoms with E-state index in [1.807, 2.05) is 6.92 Å². The third-order valence-electron chi connectivity index (χ3n) is 5.32. The van der Waals surface area contributed by atoms with Crippen molar-refractivity contribution in [3.8, 4) is 0 Å². The van der Waals surface area contributed by atoms with E-state index in [-0.39, 0.29) is 17.9 Å². The third kappa shape index (κ3) is 3.88. The van der Waals surface area contributed by atoms with E-state index in [2.05, 4.69) is 5.32 Å². The molecule has 7 nitrogen and oxygen atoms in total. The fourth-order valence-electron chi connectivity index (χ4n) is 4.16. The molecule has 24 heavy (non-hydrogen) atoms. The van der Waals surface area contributed by atoms with Gasteiger partial charge in [-0.3, -0.25) is 14.9 Å². The van der Waals surface area contributed by atoms with Gasteiger partial charge >= 0.3 is 11.9 Å². The molecule has 7 heteroatoms. The predicted octanol–water partition coefficient (Wildman–Crippen LogP) is 1.46. The van der Waals surface area contributed by atoms with E-state index in [9.17, 15) is 24.6 Å². The first-order valence-electron chi connectivity index (χ1n) is 8.90. The topological polar surface area (TPSA) is 107 Å². The fraction of sp³-hybridized carbons (Fsp3) is 0.824. The number of amides is 1. The standard InChI is InChI=1S/C17H28N2O5/c1-3-6-12(16(21)22)18-10(2)15(20)19-13-8-5-4-7-11(13)9-14(19)17(23)24/h10-14,18H,3-9H2,1-2H3,(H,21,22)(H,23,24)/t10-,11+,12-,13-,14-/m0/s1. The van der Waals surface area contributed by atoms with E-state index in [0.717, 1.165) is 25.7 Å². The van der Waals surface area contributed by atoms with Gasteiger partial charge in [-0.25, -0.2) is 4.79 Å². The van der Waals surface area contributed by atoms with Gasteiger partial charge in [-0.15, -0.1) is 0 Å². The molecule has 2 fully saturated rings. The summed E-state index contributed by atoms with van der Waals surface area (Å²) in [5, 5.41) is 21.6. The Kier molecular flexibility index (Phi) is 6.21. The molecule has 0 aromatic heterocycles. The van der Waals surface area contributed by atoms with Crippen molar-refractivity contribution in [3.63, 3.8) is 0 Å². The Hall–Kier alpha value is -1.63. The van der Waals surface area contributed by atoms with Gasteiger partial charge in [0.25, 0.3) is 0 Å². The minimum atomic E-state index is -0.983. The SMILES string of the molecule is CCC[C@H](N[C@@H](C)C(=O)N1[C@H](C(=O)O)C[C@H]2CCCC[C@@H]21)C(=O)O. The van der Waals surface area contributed by atoms with Gasteiger partial charge in [0, 0.05) is 6.04 Å². The smallest absolute Gasteiger partial charge is 0.326 e. The molecule has 0 spiro atoms. The molecule has 1 heterocycles. The average molecular weight is 340 g/mol. The lowest BCUT2D eigenvalue weighted by molar-refractivity contribution is -0.151. The number of fused-ring (bicyclic) bond motifs is 1. The summed E-state index contributed by atoms with van der Waals surface area (Å²) in [6.45, 7) is 3.51. The highest BCUT2D eigenvalue weighted by molar-refractivity contribution is 5.88. The van der Waals surface area contributed by atoms with Gasteiger partial charge in [0.1, 0.15) is 12.1 Å². The zero-order valence-electron chi connectivity index (χ0n) is 14.4. The summed E-state index contributed by atoms with van der Waals surface area (Å²) < 4.78 is 0. The summed E-state index contributed by atoms with van der Waals surface area (Å²) in [6.07, 6.45) is 5.53. The Morgan fingerprint density at radius 1 is 1.21 bits per heavy atom. The number of hydrogen-bond donors (Lipinski definition) is 3. The monoisotopic (exact) mass is 340 g/mol. The molecule has 5 atom stereocenters. The van der Waals surface area contributed by atoms with Crippen LogP contribution in [-0.2, 0) is 14.4 Å². The molecular weight excluding hydrogens is 312 g/mol. The minimum absolute atomic E-state index is 0.0222. The van der Waals surface area contributed by atoms with Crippen molar-refractivity contribution >= 4 is 17.8 Å². The van der Waals surface area contributed by atoms with E-state index in [4.69, 9.17) is 0 Å². The molecule has 2 aliphatic rings. The largest absolute Gasteiger partial charge is 0.480 e. The van der Waals surface area contributed by atoms with E-state index in [1.165, 1.54) is 4.90 Å². The van der Waals surface area contributed by atoms with Crippen molar-refractivity contribution < 1.29 is 24.6 Å². The fourth-order valence-corrected chi connectivity index (χ4v) is 4.16. The van der Waals surface area contributed by atoms with Crippen molar-refractivity contribution in [3.05, 3.63) is 0 Å². The number of rotatable bonds is 7. The summed E-state index contributed by atoms with van der Waals surface area (Å²) in [5.41, 5.74) is 0. The highest BCUT2D eigenvalue weighted by Gasteiger charge is 2.48. The molecule has 0 aromatic carbocycles. The molecule has 1 saturated heterocycles. The molecule has 1 aliphatic carbocycles. The zero-order valence-corrected chi connectivity index (χ0v) is 14.4. The highest BCUT2D eigenvalue weighted by Crippen LogP contribution is 2.40. The second-order valence-electron chi connectivity index (χ2n) is 7.01. The number of carbonyl (C=O) groups excluding carboxylic acids is 1. The van der Waals surface area contributed by atoms with Gasteiger partial charge in [0.15, 0.2) is 0 Å². The van der Waals surface area contributed by atoms with E-state index < -0.39 is 30.1 Å². The molecule has 136 valence electrons. The van der Waals surface area contributed by atoms with Gasteiger partial charge in [-0.2, -0.15) is 0 Å². The van der Waals surface area contributed by atoms with Gasteiger partial charge in [-0.1, -0.05) is 26.2 Å². The van der Waals surface area contributed by atoms with Crippen molar-refractivity contribution in [1.29, 1.82) is 0 Å². The number of carboxylic acid groups (broad SMARTS) is 2. The maximum Gasteiger partial charge on any atom is 0.326 e. The van der Waals surface area contributed by atoms with Crippen LogP contribution in [-0.4, -0.2) is 57.1 Å². The first-order valence-corrected chi connectivity index (χ1v) is 8.90. The number of carbonyl (C=O) groups is 3. The van der Waals surface area contributed by atoms with Crippen LogP contribution >= 0.6 is 0 Å². The Labute approximate surface area is 142 Å². The molecule has 3 N–H and O–H groups in total. The Balaban J connectivity index is 2.12. The van der Waals surface area contributed by atoms with Crippen LogP contribution in [0.25, 0.3) is 0 Å². The third-order valence-corrected chi connectivity index (χ3v) is 5.32. The van der Waals surface area contributed by atoms with Gasteiger partial charge < -0.3 is 15.1 Å². The molecule has 0 aromatic rings. The first-order chi connectivity index (χ1) is 11.4. The van der Waals surface area contributed by atoms with Crippen LogP contribution in [0.5, 0.6) is 0 Å². The number of likely N-dealkylation sites (tertiary alicyclic amines) is 1. The molecule has 2 rings (SSSR count). The second kappa shape index (κ2) is 7.96. The maximum atomic E-state index is 12.9. The lowest BCUT2D eigenvalue weighted by atomic mass is 9.84. The maximum absolute atomic E-state index is 12.9. The van der Waals surface area contributed by atoms with Crippen LogP contribution in [0.4, 0.5) is 0 Å².